The quantitative estimate of drug-likeness (QED) is 0.699. The van der Waals surface area contributed by atoms with Gasteiger partial charge in [0, 0.05) is 10.5 Å². The number of benzene rings is 2. The normalized spacial score (nSPS) is 11.4. The van der Waals surface area contributed by atoms with Gasteiger partial charge in [0.15, 0.2) is 0 Å². The summed E-state index contributed by atoms with van der Waals surface area (Å²) < 4.78 is 4.72. The molecule has 1 aromatic heterocycles. The van der Waals surface area contributed by atoms with E-state index in [1.165, 1.54) is 0 Å². The molecule has 0 unspecified atom stereocenters. The van der Waals surface area contributed by atoms with Crippen LogP contribution in [0.4, 0.5) is 0 Å². The molecule has 0 aliphatic rings. The maximum absolute atomic E-state index is 12.8. The Bertz CT molecular complexity index is 845. The summed E-state index contributed by atoms with van der Waals surface area (Å²) in [5, 5.41) is 0. The van der Waals surface area contributed by atoms with E-state index in [1.807, 2.05) is 71.5 Å². The standard InChI is InChI=1S/C17H17BrN2O/c1-12(2)20-16-10-6-5-9-15(16)19(17(20)21)11-13-7-3-4-8-14(13)18/h3-10,12H,11H2,1-2H3. The van der Waals surface area contributed by atoms with Crippen LogP contribution in [-0.2, 0) is 6.54 Å². The first-order chi connectivity index (χ1) is 10.1. The highest BCUT2D eigenvalue weighted by Gasteiger charge is 2.15. The number of fused-ring (bicyclic) bond motifs is 1. The smallest absolute Gasteiger partial charge is 0.289 e. The second kappa shape index (κ2) is 5.53. The number of nitrogens with zero attached hydrogens (tertiary/aromatic N) is 2. The summed E-state index contributed by atoms with van der Waals surface area (Å²) in [7, 11) is 0. The van der Waals surface area contributed by atoms with Crippen molar-refractivity contribution in [1.29, 1.82) is 0 Å². The van der Waals surface area contributed by atoms with Crippen molar-refractivity contribution in [1.82, 2.24) is 9.13 Å². The van der Waals surface area contributed by atoms with Gasteiger partial charge in [0.25, 0.3) is 0 Å². The maximum Gasteiger partial charge on any atom is 0.329 e. The van der Waals surface area contributed by atoms with Crippen molar-refractivity contribution in [2.75, 3.05) is 0 Å². The molecule has 0 aliphatic carbocycles. The Labute approximate surface area is 132 Å². The molecule has 0 spiro atoms. The highest BCUT2D eigenvalue weighted by molar-refractivity contribution is 9.10. The van der Waals surface area contributed by atoms with Crippen molar-refractivity contribution in [3.63, 3.8) is 0 Å². The fourth-order valence-corrected chi connectivity index (χ4v) is 3.09. The molecule has 0 saturated heterocycles. The summed E-state index contributed by atoms with van der Waals surface area (Å²) >= 11 is 3.56. The average Bonchev–Trinajstić information content (AvgIpc) is 2.74. The lowest BCUT2D eigenvalue weighted by Crippen LogP contribution is -2.26. The first kappa shape index (κ1) is 14.1. The molecular weight excluding hydrogens is 328 g/mol. The lowest BCUT2D eigenvalue weighted by atomic mass is 10.2. The largest absolute Gasteiger partial charge is 0.329 e. The Morgan fingerprint density at radius 2 is 1.62 bits per heavy atom. The van der Waals surface area contributed by atoms with Gasteiger partial charge >= 0.3 is 5.69 Å². The zero-order valence-electron chi connectivity index (χ0n) is 12.1. The second-order valence-electron chi connectivity index (χ2n) is 5.41. The topological polar surface area (TPSA) is 26.9 Å². The Balaban J connectivity index is 2.22. The number of aromatic nitrogens is 2. The van der Waals surface area contributed by atoms with Crippen LogP contribution in [0.3, 0.4) is 0 Å². The number of hydrogen-bond donors (Lipinski definition) is 0. The summed E-state index contributed by atoms with van der Waals surface area (Å²) in [6, 6.07) is 16.1. The molecule has 108 valence electrons. The van der Waals surface area contributed by atoms with Gasteiger partial charge in [-0.2, -0.15) is 0 Å². The lowest BCUT2D eigenvalue weighted by Gasteiger charge is -2.07. The van der Waals surface area contributed by atoms with E-state index >= 15 is 0 Å². The van der Waals surface area contributed by atoms with E-state index in [0.717, 1.165) is 21.1 Å². The van der Waals surface area contributed by atoms with E-state index in [2.05, 4.69) is 15.9 Å². The molecule has 2 aromatic carbocycles. The zero-order valence-corrected chi connectivity index (χ0v) is 13.7. The maximum atomic E-state index is 12.8. The third kappa shape index (κ3) is 2.44. The van der Waals surface area contributed by atoms with E-state index in [-0.39, 0.29) is 11.7 Å². The molecule has 0 amide bonds. The predicted octanol–water partition coefficient (Wildman–Crippen LogP) is 4.19. The molecule has 1 heterocycles. The highest BCUT2D eigenvalue weighted by Crippen LogP contribution is 2.21. The summed E-state index contributed by atoms with van der Waals surface area (Å²) in [4.78, 5) is 12.8. The summed E-state index contributed by atoms with van der Waals surface area (Å²) in [5.41, 5.74) is 3.12. The molecular formula is C17H17BrN2O. The number of rotatable bonds is 3. The van der Waals surface area contributed by atoms with Gasteiger partial charge in [-0.25, -0.2) is 4.79 Å². The minimum atomic E-state index is 0.0435. The van der Waals surface area contributed by atoms with Crippen molar-refractivity contribution in [3.05, 3.63) is 69.1 Å². The molecule has 0 atom stereocenters. The van der Waals surface area contributed by atoms with E-state index in [1.54, 1.807) is 0 Å². The van der Waals surface area contributed by atoms with Gasteiger partial charge in [0.2, 0.25) is 0 Å². The number of imidazole rings is 1. The lowest BCUT2D eigenvalue weighted by molar-refractivity contribution is 0.575. The molecule has 0 bridgehead atoms. The molecule has 3 rings (SSSR count). The van der Waals surface area contributed by atoms with Crippen LogP contribution in [0.1, 0.15) is 25.5 Å². The summed E-state index contributed by atoms with van der Waals surface area (Å²) in [6.07, 6.45) is 0. The average molecular weight is 345 g/mol. The number of hydrogen-bond acceptors (Lipinski definition) is 1. The van der Waals surface area contributed by atoms with Crippen LogP contribution in [0, 0.1) is 0 Å². The van der Waals surface area contributed by atoms with Gasteiger partial charge in [-0.3, -0.25) is 9.13 Å². The summed E-state index contributed by atoms with van der Waals surface area (Å²) in [6.45, 7) is 4.65. The Morgan fingerprint density at radius 3 is 2.29 bits per heavy atom. The van der Waals surface area contributed by atoms with E-state index in [4.69, 9.17) is 0 Å². The highest BCUT2D eigenvalue weighted by atomic mass is 79.9. The first-order valence-corrected chi connectivity index (χ1v) is 7.82. The molecule has 3 nitrogen and oxygen atoms in total. The van der Waals surface area contributed by atoms with Gasteiger partial charge in [-0.15, -0.1) is 0 Å². The monoisotopic (exact) mass is 344 g/mol. The zero-order chi connectivity index (χ0) is 15.0. The van der Waals surface area contributed by atoms with Gasteiger partial charge in [0.1, 0.15) is 0 Å². The van der Waals surface area contributed by atoms with Crippen molar-refractivity contribution in [2.24, 2.45) is 0 Å². The van der Waals surface area contributed by atoms with Crippen LogP contribution in [0.2, 0.25) is 0 Å². The van der Waals surface area contributed by atoms with Crippen LogP contribution < -0.4 is 5.69 Å². The summed E-state index contributed by atoms with van der Waals surface area (Å²) in [5.74, 6) is 0. The Morgan fingerprint density at radius 1 is 1.00 bits per heavy atom. The van der Waals surface area contributed by atoms with Crippen molar-refractivity contribution >= 4 is 27.0 Å². The fourth-order valence-electron chi connectivity index (χ4n) is 2.68. The minimum absolute atomic E-state index is 0.0435. The van der Waals surface area contributed by atoms with E-state index in [0.29, 0.717) is 6.54 Å². The molecule has 3 aromatic rings. The second-order valence-corrected chi connectivity index (χ2v) is 6.27. The van der Waals surface area contributed by atoms with Crippen molar-refractivity contribution in [2.45, 2.75) is 26.4 Å². The number of para-hydroxylation sites is 2. The molecule has 21 heavy (non-hydrogen) atoms. The molecule has 0 aliphatic heterocycles. The molecule has 0 fully saturated rings. The molecule has 0 radical (unpaired) electrons. The Kier molecular flexibility index (Phi) is 3.72. The Hall–Kier alpha value is -1.81. The van der Waals surface area contributed by atoms with Gasteiger partial charge in [0.05, 0.1) is 17.6 Å². The molecule has 4 heteroatoms. The van der Waals surface area contributed by atoms with Crippen LogP contribution >= 0.6 is 15.9 Å². The third-order valence-corrected chi connectivity index (χ3v) is 4.45. The van der Waals surface area contributed by atoms with Gasteiger partial charge in [-0.05, 0) is 37.6 Å². The van der Waals surface area contributed by atoms with Crippen LogP contribution in [0.15, 0.2) is 57.8 Å². The minimum Gasteiger partial charge on any atom is -0.289 e. The van der Waals surface area contributed by atoms with E-state index in [9.17, 15) is 4.79 Å². The van der Waals surface area contributed by atoms with Crippen LogP contribution in [0.5, 0.6) is 0 Å². The van der Waals surface area contributed by atoms with Crippen molar-refractivity contribution < 1.29 is 0 Å². The SMILES string of the molecule is CC(C)n1c(=O)n(Cc2ccccc2Br)c2ccccc21. The van der Waals surface area contributed by atoms with Gasteiger partial charge in [-0.1, -0.05) is 46.3 Å². The number of halogens is 1. The van der Waals surface area contributed by atoms with Gasteiger partial charge < -0.3 is 0 Å². The fraction of sp³-hybridized carbons (Fsp3) is 0.235. The van der Waals surface area contributed by atoms with Crippen molar-refractivity contribution in [3.8, 4) is 0 Å². The molecule has 0 N–H and O–H groups in total. The molecule has 0 saturated carbocycles. The van der Waals surface area contributed by atoms with Crippen LogP contribution in [-0.4, -0.2) is 9.13 Å². The van der Waals surface area contributed by atoms with Crippen LogP contribution in [0.25, 0.3) is 11.0 Å². The predicted molar refractivity (Wildman–Crippen MR) is 89.8 cm³/mol. The third-order valence-electron chi connectivity index (χ3n) is 3.67. The van der Waals surface area contributed by atoms with E-state index < -0.39 is 0 Å². The first-order valence-electron chi connectivity index (χ1n) is 7.02.